The summed E-state index contributed by atoms with van der Waals surface area (Å²) in [4.78, 5) is 11.3. The minimum atomic E-state index is -3.52. The van der Waals surface area contributed by atoms with Crippen LogP contribution in [0.15, 0.2) is 18.2 Å². The maximum atomic E-state index is 13.2. The molecule has 1 N–H and O–H groups in total. The quantitative estimate of drug-likeness (QED) is 0.831. The Kier molecular flexibility index (Phi) is 4.06. The number of nitrogens with one attached hydrogen (secondary N) is 1. The van der Waals surface area contributed by atoms with Crippen molar-refractivity contribution in [1.82, 2.24) is 0 Å². The lowest BCUT2D eigenvalue weighted by Gasteiger charge is -2.07. The second kappa shape index (κ2) is 5.13. The Morgan fingerprint density at radius 3 is 2.59 bits per heavy atom. The molecule has 1 aromatic rings. The lowest BCUT2D eigenvalue weighted by Crippen LogP contribution is -2.11. The smallest absolute Gasteiger partial charge is 0.338 e. The van der Waals surface area contributed by atoms with Gasteiger partial charge >= 0.3 is 5.97 Å². The summed E-state index contributed by atoms with van der Waals surface area (Å²) in [5.74, 6) is -1.43. The largest absolute Gasteiger partial charge is 0.462 e. The maximum absolute atomic E-state index is 13.2. The van der Waals surface area contributed by atoms with E-state index in [1.807, 2.05) is 0 Å². The van der Waals surface area contributed by atoms with Crippen LogP contribution in [-0.2, 0) is 14.8 Å². The first-order chi connectivity index (χ1) is 7.81. The molecule has 0 fully saturated rings. The summed E-state index contributed by atoms with van der Waals surface area (Å²) in [5.41, 5.74) is -0.0615. The van der Waals surface area contributed by atoms with Crippen LogP contribution < -0.4 is 4.72 Å². The normalized spacial score (nSPS) is 11.0. The van der Waals surface area contributed by atoms with Gasteiger partial charge in [0.25, 0.3) is 0 Å². The molecule has 5 nitrogen and oxygen atoms in total. The number of anilines is 1. The van der Waals surface area contributed by atoms with Crippen LogP contribution >= 0.6 is 0 Å². The van der Waals surface area contributed by atoms with Gasteiger partial charge in [0, 0.05) is 0 Å². The standard InChI is InChI=1S/C10H12FNO4S/c1-3-16-10(13)7-4-8(11)6-9(5-7)12-17(2,14)15/h4-6,12H,3H2,1-2H3. The van der Waals surface area contributed by atoms with E-state index in [2.05, 4.69) is 9.46 Å². The first-order valence-electron chi connectivity index (χ1n) is 4.77. The SMILES string of the molecule is CCOC(=O)c1cc(F)cc(NS(C)(=O)=O)c1. The highest BCUT2D eigenvalue weighted by Gasteiger charge is 2.11. The molecule has 0 amide bonds. The Balaban J connectivity index is 3.06. The van der Waals surface area contributed by atoms with Crippen molar-refractivity contribution in [2.45, 2.75) is 6.92 Å². The number of hydrogen-bond acceptors (Lipinski definition) is 4. The van der Waals surface area contributed by atoms with Gasteiger partial charge in [-0.15, -0.1) is 0 Å². The van der Waals surface area contributed by atoms with E-state index >= 15 is 0 Å². The van der Waals surface area contributed by atoms with Gasteiger partial charge < -0.3 is 4.74 Å². The fourth-order valence-electron chi connectivity index (χ4n) is 1.19. The van der Waals surface area contributed by atoms with Gasteiger partial charge in [0.2, 0.25) is 10.0 Å². The molecule has 0 aliphatic carbocycles. The Bertz CT molecular complexity index is 527. The van der Waals surface area contributed by atoms with Crippen LogP contribution in [0.1, 0.15) is 17.3 Å². The van der Waals surface area contributed by atoms with Crippen molar-refractivity contribution in [3.63, 3.8) is 0 Å². The van der Waals surface area contributed by atoms with Crippen LogP contribution in [0.5, 0.6) is 0 Å². The molecule has 17 heavy (non-hydrogen) atoms. The highest BCUT2D eigenvalue weighted by atomic mass is 32.2. The van der Waals surface area contributed by atoms with Gasteiger partial charge in [-0.25, -0.2) is 17.6 Å². The lowest BCUT2D eigenvalue weighted by atomic mass is 10.2. The molecule has 0 bridgehead atoms. The molecule has 0 radical (unpaired) electrons. The number of ether oxygens (including phenoxy) is 1. The van der Waals surface area contributed by atoms with Crippen LogP contribution in [0.4, 0.5) is 10.1 Å². The number of esters is 1. The van der Waals surface area contributed by atoms with Gasteiger partial charge in [-0.05, 0) is 25.1 Å². The van der Waals surface area contributed by atoms with Gasteiger partial charge in [-0.1, -0.05) is 0 Å². The van der Waals surface area contributed by atoms with Crippen LogP contribution in [0.3, 0.4) is 0 Å². The molecular formula is C10H12FNO4S. The van der Waals surface area contributed by atoms with E-state index in [-0.39, 0.29) is 17.9 Å². The van der Waals surface area contributed by atoms with Crippen molar-refractivity contribution in [2.75, 3.05) is 17.6 Å². The van der Waals surface area contributed by atoms with Gasteiger partial charge in [0.1, 0.15) is 5.82 Å². The zero-order valence-corrected chi connectivity index (χ0v) is 10.2. The van der Waals surface area contributed by atoms with Gasteiger partial charge in [-0.2, -0.15) is 0 Å². The van der Waals surface area contributed by atoms with E-state index in [4.69, 9.17) is 0 Å². The number of halogens is 1. The summed E-state index contributed by atoms with van der Waals surface area (Å²) in [7, 11) is -3.52. The van der Waals surface area contributed by atoms with Crippen LogP contribution in [-0.4, -0.2) is 27.2 Å². The molecule has 0 unspecified atom stereocenters. The summed E-state index contributed by atoms with van der Waals surface area (Å²) in [6.07, 6.45) is 0.932. The molecule has 0 saturated carbocycles. The molecule has 0 aliphatic rings. The minimum Gasteiger partial charge on any atom is -0.462 e. The van der Waals surface area contributed by atoms with Crippen LogP contribution in [0, 0.1) is 5.82 Å². The van der Waals surface area contributed by atoms with Crippen molar-refractivity contribution >= 4 is 21.7 Å². The molecule has 0 atom stereocenters. The third-order valence-electron chi connectivity index (χ3n) is 1.71. The summed E-state index contributed by atoms with van der Waals surface area (Å²) in [5, 5.41) is 0. The highest BCUT2D eigenvalue weighted by Crippen LogP contribution is 2.16. The van der Waals surface area contributed by atoms with Gasteiger partial charge in [0.15, 0.2) is 0 Å². The van der Waals surface area contributed by atoms with Crippen molar-refractivity contribution in [3.05, 3.63) is 29.6 Å². The predicted molar refractivity (Wildman–Crippen MR) is 60.8 cm³/mol. The zero-order chi connectivity index (χ0) is 13.1. The highest BCUT2D eigenvalue weighted by molar-refractivity contribution is 7.92. The molecule has 0 spiro atoms. The lowest BCUT2D eigenvalue weighted by molar-refractivity contribution is 0.0526. The molecule has 0 heterocycles. The average Bonchev–Trinajstić information content (AvgIpc) is 2.14. The van der Waals surface area contributed by atoms with Crippen molar-refractivity contribution in [2.24, 2.45) is 0 Å². The number of carbonyl (C=O) groups excluding carboxylic acids is 1. The van der Waals surface area contributed by atoms with Crippen LogP contribution in [0.2, 0.25) is 0 Å². The summed E-state index contributed by atoms with van der Waals surface area (Å²) in [6, 6.07) is 3.16. The monoisotopic (exact) mass is 261 g/mol. The average molecular weight is 261 g/mol. The van der Waals surface area contributed by atoms with Crippen molar-refractivity contribution in [3.8, 4) is 0 Å². The fraction of sp³-hybridized carbons (Fsp3) is 0.300. The second-order valence-corrected chi connectivity index (χ2v) is 5.07. The van der Waals surface area contributed by atoms with E-state index < -0.39 is 21.8 Å². The van der Waals surface area contributed by atoms with E-state index in [9.17, 15) is 17.6 Å². The van der Waals surface area contributed by atoms with E-state index in [1.54, 1.807) is 6.92 Å². The number of rotatable bonds is 4. The number of carbonyl (C=O) groups is 1. The molecule has 0 aromatic heterocycles. The molecule has 1 aromatic carbocycles. The molecular weight excluding hydrogens is 249 g/mol. The molecule has 0 aliphatic heterocycles. The molecule has 94 valence electrons. The van der Waals surface area contributed by atoms with E-state index in [0.717, 1.165) is 18.4 Å². The minimum absolute atomic E-state index is 0.0180. The van der Waals surface area contributed by atoms with E-state index in [1.165, 1.54) is 6.07 Å². The van der Waals surface area contributed by atoms with E-state index in [0.29, 0.717) is 0 Å². The number of benzene rings is 1. The Hall–Kier alpha value is -1.63. The number of hydrogen-bond donors (Lipinski definition) is 1. The maximum Gasteiger partial charge on any atom is 0.338 e. The molecule has 7 heteroatoms. The summed E-state index contributed by atoms with van der Waals surface area (Å²) < 4.78 is 41.9. The Labute approximate surface area is 98.6 Å². The topological polar surface area (TPSA) is 72.5 Å². The van der Waals surface area contributed by atoms with Crippen molar-refractivity contribution in [1.29, 1.82) is 0 Å². The summed E-state index contributed by atoms with van der Waals surface area (Å²) in [6.45, 7) is 1.77. The number of sulfonamides is 1. The molecule has 1 rings (SSSR count). The zero-order valence-electron chi connectivity index (χ0n) is 9.36. The third kappa shape index (κ3) is 4.39. The van der Waals surface area contributed by atoms with Gasteiger partial charge in [0.05, 0.1) is 24.1 Å². The predicted octanol–water partition coefficient (Wildman–Crippen LogP) is 1.37. The van der Waals surface area contributed by atoms with Crippen LogP contribution in [0.25, 0.3) is 0 Å². The summed E-state index contributed by atoms with van der Waals surface area (Å²) >= 11 is 0. The first kappa shape index (κ1) is 13.4. The fourth-order valence-corrected chi connectivity index (χ4v) is 1.74. The Morgan fingerprint density at radius 2 is 2.06 bits per heavy atom. The molecule has 0 saturated heterocycles. The Morgan fingerprint density at radius 1 is 1.41 bits per heavy atom. The van der Waals surface area contributed by atoms with Crippen molar-refractivity contribution < 1.29 is 22.3 Å². The first-order valence-corrected chi connectivity index (χ1v) is 6.66. The third-order valence-corrected chi connectivity index (χ3v) is 2.32. The second-order valence-electron chi connectivity index (χ2n) is 3.32. The van der Waals surface area contributed by atoms with Gasteiger partial charge in [-0.3, -0.25) is 4.72 Å².